The van der Waals surface area contributed by atoms with Crippen LogP contribution in [0.25, 0.3) is 38.6 Å². The minimum atomic E-state index is 0.682. The van der Waals surface area contributed by atoms with Crippen LogP contribution in [0.3, 0.4) is 0 Å². The maximum atomic E-state index is 4.54. The number of benzene rings is 4. The minimum absolute atomic E-state index is 0.682. The van der Waals surface area contributed by atoms with Crippen molar-refractivity contribution in [2.75, 3.05) is 0 Å². The molecule has 1 heteroatoms. The molecule has 0 saturated carbocycles. The summed E-state index contributed by atoms with van der Waals surface area (Å²) in [5.74, 6) is 0. The van der Waals surface area contributed by atoms with Gasteiger partial charge in [-0.05, 0) is 112 Å². The summed E-state index contributed by atoms with van der Waals surface area (Å²) in [4.78, 5) is 4.54. The van der Waals surface area contributed by atoms with Gasteiger partial charge in [0, 0.05) is 5.71 Å². The molecule has 0 spiro atoms. The van der Waals surface area contributed by atoms with Crippen LogP contribution in [0.15, 0.2) is 127 Å². The Hall–Kier alpha value is -4.23. The first-order chi connectivity index (χ1) is 18.0. The van der Waals surface area contributed by atoms with E-state index in [9.17, 15) is 0 Å². The number of aliphatic imine (C=N–C) groups is 1. The van der Waals surface area contributed by atoms with Crippen LogP contribution in [0.2, 0.25) is 0 Å². The predicted molar refractivity (Wildman–Crippen MR) is 162 cm³/mol. The zero-order valence-electron chi connectivity index (χ0n) is 22.0. The molecule has 182 valence electrons. The Labute approximate surface area is 220 Å². The van der Waals surface area contributed by atoms with E-state index in [1.165, 1.54) is 55.3 Å². The van der Waals surface area contributed by atoms with Gasteiger partial charge < -0.3 is 0 Å². The van der Waals surface area contributed by atoms with Gasteiger partial charge in [-0.15, -0.1) is 0 Å². The molecule has 0 aromatic heterocycles. The first-order valence-electron chi connectivity index (χ1n) is 13.0. The summed E-state index contributed by atoms with van der Waals surface area (Å²) in [6.07, 6.45) is 8.05. The molecule has 0 bridgehead atoms. The van der Waals surface area contributed by atoms with Crippen molar-refractivity contribution in [1.82, 2.24) is 0 Å². The fraction of sp³-hybridized carbons (Fsp3) is 0.139. The Morgan fingerprint density at radius 2 is 1.57 bits per heavy atom. The molecular formula is C36H33N. The lowest BCUT2D eigenvalue weighted by molar-refractivity contribution is 1.22. The number of hydrogen-bond donors (Lipinski definition) is 0. The molecule has 4 aromatic carbocycles. The third-order valence-electron chi connectivity index (χ3n) is 7.37. The van der Waals surface area contributed by atoms with Crippen LogP contribution in [0.5, 0.6) is 0 Å². The van der Waals surface area contributed by atoms with Crippen LogP contribution in [-0.4, -0.2) is 5.71 Å². The number of fused-ring (bicyclic) bond motifs is 4. The SMILES string of the molecule is C=CC(=C)N=C(C)/C(C)=C/C=C(\CC)c1cc2c(cc1-c1ccc3ccccc3c1)-c1ccccc1C2. The Bertz CT molecular complexity index is 1620. The van der Waals surface area contributed by atoms with Crippen molar-refractivity contribution in [2.24, 2.45) is 4.99 Å². The largest absolute Gasteiger partial charge is 0.254 e. The van der Waals surface area contributed by atoms with E-state index >= 15 is 0 Å². The van der Waals surface area contributed by atoms with Crippen molar-refractivity contribution in [3.05, 3.63) is 138 Å². The second-order valence-corrected chi connectivity index (χ2v) is 9.74. The van der Waals surface area contributed by atoms with Crippen LogP contribution in [0, 0.1) is 0 Å². The van der Waals surface area contributed by atoms with E-state index in [0.717, 1.165) is 24.1 Å². The van der Waals surface area contributed by atoms with E-state index in [2.05, 4.69) is 123 Å². The average molecular weight is 480 g/mol. The molecule has 0 fully saturated rings. The van der Waals surface area contributed by atoms with Crippen LogP contribution in [0.1, 0.15) is 43.9 Å². The predicted octanol–water partition coefficient (Wildman–Crippen LogP) is 9.98. The van der Waals surface area contributed by atoms with Crippen LogP contribution in [-0.2, 0) is 6.42 Å². The standard InChI is InChI=1S/C36H33N/c1-6-25(4)37-26(5)24(3)16-17-27(7-2)34-22-32-21-30-14-10-11-15-33(30)36(32)23-35(34)31-19-18-28-12-8-9-13-29(28)20-31/h6,8-20,22-23H,1,4,7,21H2,2-3,5H3/b24-16+,27-17+,37-26?. The monoisotopic (exact) mass is 479 g/mol. The maximum Gasteiger partial charge on any atom is 0.0555 e. The second kappa shape index (κ2) is 10.4. The van der Waals surface area contributed by atoms with Gasteiger partial charge in [0.05, 0.1) is 5.70 Å². The zero-order chi connectivity index (χ0) is 25.9. The smallest absolute Gasteiger partial charge is 0.0555 e. The van der Waals surface area contributed by atoms with Crippen LogP contribution < -0.4 is 0 Å². The topological polar surface area (TPSA) is 12.4 Å². The highest BCUT2D eigenvalue weighted by Gasteiger charge is 2.21. The molecule has 0 saturated heterocycles. The molecule has 0 N–H and O–H groups in total. The third-order valence-corrected chi connectivity index (χ3v) is 7.37. The Kier molecular flexibility index (Phi) is 6.88. The molecule has 0 radical (unpaired) electrons. The second-order valence-electron chi connectivity index (χ2n) is 9.74. The highest BCUT2D eigenvalue weighted by Crippen LogP contribution is 2.43. The Morgan fingerprint density at radius 3 is 2.35 bits per heavy atom. The van der Waals surface area contributed by atoms with Gasteiger partial charge in [-0.2, -0.15) is 0 Å². The molecule has 0 unspecified atom stereocenters. The Morgan fingerprint density at radius 1 is 0.811 bits per heavy atom. The first-order valence-corrected chi connectivity index (χ1v) is 13.0. The van der Waals surface area contributed by atoms with Crippen LogP contribution >= 0.6 is 0 Å². The number of allylic oxidation sites excluding steroid dienone is 5. The van der Waals surface area contributed by atoms with Gasteiger partial charge in [-0.25, -0.2) is 0 Å². The van der Waals surface area contributed by atoms with Gasteiger partial charge in [0.1, 0.15) is 0 Å². The van der Waals surface area contributed by atoms with Gasteiger partial charge in [-0.3, -0.25) is 4.99 Å². The molecule has 5 rings (SSSR count). The molecule has 0 amide bonds. The van der Waals surface area contributed by atoms with Gasteiger partial charge in [0.15, 0.2) is 0 Å². The summed E-state index contributed by atoms with van der Waals surface area (Å²) < 4.78 is 0. The van der Waals surface area contributed by atoms with Crippen molar-refractivity contribution in [3.8, 4) is 22.3 Å². The van der Waals surface area contributed by atoms with Gasteiger partial charge in [0.2, 0.25) is 0 Å². The molecule has 4 aromatic rings. The highest BCUT2D eigenvalue weighted by molar-refractivity contribution is 5.99. The van der Waals surface area contributed by atoms with E-state index in [1.54, 1.807) is 6.08 Å². The van der Waals surface area contributed by atoms with Crippen molar-refractivity contribution in [2.45, 2.75) is 33.6 Å². The lowest BCUT2D eigenvalue weighted by Crippen LogP contribution is -1.95. The molecule has 1 aliphatic carbocycles. The summed E-state index contributed by atoms with van der Waals surface area (Å²) in [5, 5.41) is 2.53. The van der Waals surface area contributed by atoms with E-state index < -0.39 is 0 Å². The van der Waals surface area contributed by atoms with Crippen molar-refractivity contribution in [1.29, 1.82) is 0 Å². The van der Waals surface area contributed by atoms with Gasteiger partial charge in [-0.1, -0.05) is 92.9 Å². The molecular weight excluding hydrogens is 446 g/mol. The number of rotatable bonds is 7. The molecule has 1 nitrogen and oxygen atoms in total. The zero-order valence-corrected chi connectivity index (χ0v) is 22.0. The molecule has 0 heterocycles. The van der Waals surface area contributed by atoms with Gasteiger partial charge in [0.25, 0.3) is 0 Å². The number of hydrogen-bond acceptors (Lipinski definition) is 1. The molecule has 37 heavy (non-hydrogen) atoms. The van der Waals surface area contributed by atoms with Crippen LogP contribution in [0.4, 0.5) is 0 Å². The summed E-state index contributed by atoms with van der Waals surface area (Å²) in [6, 6.07) is 29.1. The molecule has 0 aliphatic heterocycles. The fourth-order valence-electron chi connectivity index (χ4n) is 5.14. The summed E-state index contributed by atoms with van der Waals surface area (Å²) in [6.45, 7) is 14.0. The maximum absolute atomic E-state index is 4.54. The Balaban J connectivity index is 1.67. The van der Waals surface area contributed by atoms with Crippen molar-refractivity contribution in [3.63, 3.8) is 0 Å². The fourth-order valence-corrected chi connectivity index (χ4v) is 5.14. The lowest BCUT2D eigenvalue weighted by atomic mass is 9.88. The lowest BCUT2D eigenvalue weighted by Gasteiger charge is -2.16. The third kappa shape index (κ3) is 4.90. The van der Waals surface area contributed by atoms with Gasteiger partial charge >= 0.3 is 0 Å². The first kappa shape index (κ1) is 24.5. The van der Waals surface area contributed by atoms with E-state index in [-0.39, 0.29) is 0 Å². The minimum Gasteiger partial charge on any atom is -0.254 e. The summed E-state index contributed by atoms with van der Waals surface area (Å²) in [7, 11) is 0. The number of nitrogens with zero attached hydrogens (tertiary/aromatic N) is 1. The normalized spacial score (nSPS) is 13.4. The van der Waals surface area contributed by atoms with E-state index in [4.69, 9.17) is 0 Å². The quantitative estimate of drug-likeness (QED) is 0.163. The van der Waals surface area contributed by atoms with E-state index in [0.29, 0.717) is 5.70 Å². The van der Waals surface area contributed by atoms with Crippen molar-refractivity contribution < 1.29 is 0 Å². The van der Waals surface area contributed by atoms with E-state index in [1.807, 2.05) is 6.92 Å². The molecule has 0 atom stereocenters. The average Bonchev–Trinajstić information content (AvgIpc) is 3.30. The van der Waals surface area contributed by atoms with Crippen molar-refractivity contribution >= 4 is 22.1 Å². The summed E-state index contributed by atoms with van der Waals surface area (Å²) in [5.41, 5.74) is 13.4. The highest BCUT2D eigenvalue weighted by atomic mass is 14.7. The summed E-state index contributed by atoms with van der Waals surface area (Å²) >= 11 is 0. The molecule has 1 aliphatic rings.